The van der Waals surface area contributed by atoms with Gasteiger partial charge in [0.2, 0.25) is 0 Å². The van der Waals surface area contributed by atoms with Gasteiger partial charge in [0, 0.05) is 23.4 Å². The summed E-state index contributed by atoms with van der Waals surface area (Å²) in [4.78, 5) is 34.5. The van der Waals surface area contributed by atoms with Crippen LogP contribution in [0, 0.1) is 6.92 Å². The molecular weight excluding hydrogens is 350 g/mol. The Morgan fingerprint density at radius 1 is 1.32 bits per heavy atom. The largest absolute Gasteiger partial charge is 0.482 e. The number of esters is 1. The van der Waals surface area contributed by atoms with E-state index < -0.39 is 11.5 Å². The van der Waals surface area contributed by atoms with E-state index >= 15 is 0 Å². The zero-order chi connectivity index (χ0) is 18.6. The van der Waals surface area contributed by atoms with Crippen LogP contribution in [0.2, 0.25) is 5.02 Å². The van der Waals surface area contributed by atoms with Gasteiger partial charge in [-0.05, 0) is 31.9 Å². The van der Waals surface area contributed by atoms with Gasteiger partial charge in [-0.25, -0.2) is 4.79 Å². The molecule has 8 heteroatoms. The molecule has 0 atom stereocenters. The predicted octanol–water partition coefficient (Wildman–Crippen LogP) is 2.11. The summed E-state index contributed by atoms with van der Waals surface area (Å²) in [6.07, 6.45) is 0.291. The predicted molar refractivity (Wildman–Crippen MR) is 91.9 cm³/mol. The molecule has 0 saturated heterocycles. The standard InChI is InChI=1S/C17H18ClNO6/c1-3-23-16(21)5-4-10-9(2)11-6-12(18)14(24-8-15(19)20)7-13(11)25-17(10)22/h6-7H,3-5,8H2,1-2H3,(H2,19,20). The Bertz CT molecular complexity index is 874. The van der Waals surface area contributed by atoms with Gasteiger partial charge in [0.25, 0.3) is 5.91 Å². The molecule has 0 fully saturated rings. The molecule has 7 nitrogen and oxygen atoms in total. The van der Waals surface area contributed by atoms with Crippen molar-refractivity contribution in [3.8, 4) is 5.75 Å². The second-order valence-corrected chi connectivity index (χ2v) is 5.74. The number of amides is 1. The van der Waals surface area contributed by atoms with Crippen LogP contribution in [0.5, 0.6) is 5.75 Å². The molecule has 0 radical (unpaired) electrons. The Morgan fingerprint density at radius 2 is 2.04 bits per heavy atom. The van der Waals surface area contributed by atoms with Crippen molar-refractivity contribution in [1.29, 1.82) is 0 Å². The SMILES string of the molecule is CCOC(=O)CCc1c(C)c2cc(Cl)c(OCC(N)=O)cc2oc1=O. The lowest BCUT2D eigenvalue weighted by atomic mass is 10.0. The van der Waals surface area contributed by atoms with E-state index in [-0.39, 0.29) is 48.4 Å². The number of carbonyl (C=O) groups excluding carboxylic acids is 2. The molecule has 1 aromatic heterocycles. The molecule has 0 aliphatic rings. The number of nitrogens with two attached hydrogens (primary N) is 1. The highest BCUT2D eigenvalue weighted by Gasteiger charge is 2.16. The summed E-state index contributed by atoms with van der Waals surface area (Å²) in [5.74, 6) is -0.840. The molecule has 2 aromatic rings. The number of halogens is 1. The van der Waals surface area contributed by atoms with Crippen molar-refractivity contribution in [3.05, 3.63) is 38.7 Å². The topological polar surface area (TPSA) is 109 Å². The number of hydrogen-bond acceptors (Lipinski definition) is 6. The molecule has 2 rings (SSSR count). The highest BCUT2D eigenvalue weighted by molar-refractivity contribution is 6.32. The molecular formula is C17H18ClNO6. The maximum Gasteiger partial charge on any atom is 0.339 e. The van der Waals surface area contributed by atoms with Crippen LogP contribution >= 0.6 is 11.6 Å². The lowest BCUT2D eigenvalue weighted by Gasteiger charge is -2.11. The maximum atomic E-state index is 12.2. The second kappa shape index (κ2) is 8.02. The van der Waals surface area contributed by atoms with E-state index in [4.69, 9.17) is 31.2 Å². The Kier molecular flexibility index (Phi) is 6.03. The molecule has 1 heterocycles. The number of hydrogen-bond donors (Lipinski definition) is 1. The van der Waals surface area contributed by atoms with E-state index in [0.717, 1.165) is 0 Å². The monoisotopic (exact) mass is 367 g/mol. The van der Waals surface area contributed by atoms with E-state index in [9.17, 15) is 14.4 Å². The van der Waals surface area contributed by atoms with Crippen LogP contribution in [0.1, 0.15) is 24.5 Å². The third kappa shape index (κ3) is 4.51. The van der Waals surface area contributed by atoms with Gasteiger partial charge in [0.1, 0.15) is 11.3 Å². The first-order valence-electron chi connectivity index (χ1n) is 7.66. The summed E-state index contributed by atoms with van der Waals surface area (Å²) in [6.45, 7) is 3.41. The third-order valence-corrected chi connectivity index (χ3v) is 3.89. The average molecular weight is 368 g/mol. The summed E-state index contributed by atoms with van der Waals surface area (Å²) in [5.41, 5.74) is 5.81. The number of rotatable bonds is 7. The van der Waals surface area contributed by atoms with Gasteiger partial charge in [-0.2, -0.15) is 0 Å². The summed E-state index contributed by atoms with van der Waals surface area (Å²) in [6, 6.07) is 3.02. The van der Waals surface area contributed by atoms with Crippen LogP contribution in [0.25, 0.3) is 11.0 Å². The fraction of sp³-hybridized carbons (Fsp3) is 0.353. The first-order valence-corrected chi connectivity index (χ1v) is 8.03. The molecule has 0 aliphatic heterocycles. The van der Waals surface area contributed by atoms with Crippen molar-refractivity contribution in [2.45, 2.75) is 26.7 Å². The molecule has 0 saturated carbocycles. The van der Waals surface area contributed by atoms with Crippen molar-refractivity contribution >= 4 is 34.4 Å². The Hall–Kier alpha value is -2.54. The molecule has 1 aromatic carbocycles. The fourth-order valence-electron chi connectivity index (χ4n) is 2.40. The highest BCUT2D eigenvalue weighted by Crippen LogP contribution is 2.32. The van der Waals surface area contributed by atoms with Gasteiger partial charge in [-0.3, -0.25) is 9.59 Å². The summed E-state index contributed by atoms with van der Waals surface area (Å²) < 4.78 is 15.4. The van der Waals surface area contributed by atoms with Gasteiger partial charge in [-0.1, -0.05) is 11.6 Å². The number of aryl methyl sites for hydroxylation is 1. The van der Waals surface area contributed by atoms with Crippen LogP contribution in [0.15, 0.2) is 21.3 Å². The van der Waals surface area contributed by atoms with Crippen LogP contribution in [-0.2, 0) is 20.7 Å². The van der Waals surface area contributed by atoms with Crippen LogP contribution in [0.3, 0.4) is 0 Å². The number of carbonyl (C=O) groups is 2. The lowest BCUT2D eigenvalue weighted by molar-refractivity contribution is -0.143. The molecule has 0 aliphatic carbocycles. The van der Waals surface area contributed by atoms with E-state index in [1.165, 1.54) is 6.07 Å². The minimum atomic E-state index is -0.650. The molecule has 134 valence electrons. The van der Waals surface area contributed by atoms with Crippen molar-refractivity contribution in [2.24, 2.45) is 5.73 Å². The van der Waals surface area contributed by atoms with Crippen LogP contribution < -0.4 is 16.1 Å². The summed E-state index contributed by atoms with van der Waals surface area (Å²) in [7, 11) is 0. The zero-order valence-corrected chi connectivity index (χ0v) is 14.6. The van der Waals surface area contributed by atoms with Gasteiger partial charge < -0.3 is 19.6 Å². The first-order chi connectivity index (χ1) is 11.8. The molecule has 0 unspecified atom stereocenters. The van der Waals surface area contributed by atoms with Gasteiger partial charge in [0.15, 0.2) is 6.61 Å². The molecule has 2 N–H and O–H groups in total. The molecule has 0 bridgehead atoms. The Balaban J connectivity index is 2.38. The summed E-state index contributed by atoms with van der Waals surface area (Å²) in [5, 5.41) is 0.872. The van der Waals surface area contributed by atoms with Crippen molar-refractivity contribution < 1.29 is 23.5 Å². The smallest absolute Gasteiger partial charge is 0.339 e. The van der Waals surface area contributed by atoms with Crippen molar-refractivity contribution in [2.75, 3.05) is 13.2 Å². The average Bonchev–Trinajstić information content (AvgIpc) is 2.54. The first kappa shape index (κ1) is 18.8. The van der Waals surface area contributed by atoms with Gasteiger partial charge >= 0.3 is 11.6 Å². The molecule has 0 spiro atoms. The minimum absolute atomic E-state index is 0.0818. The van der Waals surface area contributed by atoms with Crippen molar-refractivity contribution in [1.82, 2.24) is 0 Å². The zero-order valence-electron chi connectivity index (χ0n) is 13.9. The van der Waals surface area contributed by atoms with Gasteiger partial charge in [0.05, 0.1) is 11.6 Å². The number of ether oxygens (including phenoxy) is 2. The quantitative estimate of drug-likeness (QED) is 0.593. The Labute approximate surface area is 148 Å². The highest BCUT2D eigenvalue weighted by atomic mass is 35.5. The van der Waals surface area contributed by atoms with E-state index in [1.807, 2.05) is 0 Å². The van der Waals surface area contributed by atoms with E-state index in [2.05, 4.69) is 0 Å². The minimum Gasteiger partial charge on any atom is -0.482 e. The number of benzene rings is 1. The molecule has 1 amide bonds. The Morgan fingerprint density at radius 3 is 2.68 bits per heavy atom. The maximum absolute atomic E-state index is 12.2. The summed E-state index contributed by atoms with van der Waals surface area (Å²) >= 11 is 6.15. The second-order valence-electron chi connectivity index (χ2n) is 5.33. The van der Waals surface area contributed by atoms with Crippen molar-refractivity contribution in [3.63, 3.8) is 0 Å². The van der Waals surface area contributed by atoms with Crippen LogP contribution in [-0.4, -0.2) is 25.1 Å². The number of primary amides is 1. The lowest BCUT2D eigenvalue weighted by Crippen LogP contribution is -2.20. The van der Waals surface area contributed by atoms with Gasteiger partial charge in [-0.15, -0.1) is 0 Å². The fourth-order valence-corrected chi connectivity index (χ4v) is 2.62. The van der Waals surface area contributed by atoms with E-state index in [0.29, 0.717) is 16.5 Å². The van der Waals surface area contributed by atoms with Crippen LogP contribution in [0.4, 0.5) is 0 Å². The third-order valence-electron chi connectivity index (χ3n) is 3.59. The van der Waals surface area contributed by atoms with E-state index in [1.54, 1.807) is 19.9 Å². The normalized spacial score (nSPS) is 10.7. The molecule has 25 heavy (non-hydrogen) atoms. The number of fused-ring (bicyclic) bond motifs is 1.